The van der Waals surface area contributed by atoms with Gasteiger partial charge in [0.05, 0.1) is 6.20 Å². The van der Waals surface area contributed by atoms with Gasteiger partial charge in [-0.1, -0.05) is 30.3 Å². The van der Waals surface area contributed by atoms with Crippen molar-refractivity contribution in [3.63, 3.8) is 0 Å². The molecule has 0 fully saturated rings. The van der Waals surface area contributed by atoms with Crippen molar-refractivity contribution in [3.8, 4) is 5.75 Å². The van der Waals surface area contributed by atoms with E-state index in [1.807, 2.05) is 31.2 Å². The molecule has 1 aromatic heterocycles. The zero-order chi connectivity index (χ0) is 11.4. The molecule has 0 saturated heterocycles. The number of aromatic nitrogens is 1. The summed E-state index contributed by atoms with van der Waals surface area (Å²) in [5.74, 6) is 0.769. The van der Waals surface area contributed by atoms with Gasteiger partial charge in [0.25, 0.3) is 0 Å². The van der Waals surface area contributed by atoms with Gasteiger partial charge in [-0.3, -0.25) is 4.98 Å². The molecule has 0 aliphatic carbocycles. The molecule has 1 heterocycles. The number of rotatable bonds is 3. The van der Waals surface area contributed by atoms with Gasteiger partial charge in [-0.25, -0.2) is 0 Å². The second-order valence-corrected chi connectivity index (χ2v) is 4.43. The fourth-order valence-electron chi connectivity index (χ4n) is 1.45. The summed E-state index contributed by atoms with van der Waals surface area (Å²) >= 11 is 3.37. The van der Waals surface area contributed by atoms with E-state index in [0.29, 0.717) is 0 Å². The van der Waals surface area contributed by atoms with Crippen LogP contribution in [0.25, 0.3) is 0 Å². The SMILES string of the molecule is C[C@H](Oc1cncc(Br)c1)c1ccccc1. The summed E-state index contributed by atoms with van der Waals surface area (Å²) < 4.78 is 6.71. The molecule has 0 aliphatic heterocycles. The third-order valence-electron chi connectivity index (χ3n) is 2.26. The van der Waals surface area contributed by atoms with Gasteiger partial charge in [0.1, 0.15) is 11.9 Å². The molecule has 0 bridgehead atoms. The Kier molecular flexibility index (Phi) is 3.57. The normalized spacial score (nSPS) is 12.1. The van der Waals surface area contributed by atoms with E-state index < -0.39 is 0 Å². The van der Waals surface area contributed by atoms with Crippen LogP contribution in [0, 0.1) is 0 Å². The van der Waals surface area contributed by atoms with Gasteiger partial charge in [0.2, 0.25) is 0 Å². The second kappa shape index (κ2) is 5.12. The third kappa shape index (κ3) is 2.83. The fourth-order valence-corrected chi connectivity index (χ4v) is 1.80. The Balaban J connectivity index is 2.11. The first-order valence-corrected chi connectivity index (χ1v) is 5.87. The molecule has 0 saturated carbocycles. The van der Waals surface area contributed by atoms with Gasteiger partial charge in [0, 0.05) is 10.7 Å². The van der Waals surface area contributed by atoms with Crippen molar-refractivity contribution >= 4 is 15.9 Å². The number of pyridine rings is 1. The molecule has 0 aliphatic rings. The van der Waals surface area contributed by atoms with E-state index in [-0.39, 0.29) is 6.10 Å². The highest BCUT2D eigenvalue weighted by Crippen LogP contribution is 2.22. The molecule has 16 heavy (non-hydrogen) atoms. The molecule has 0 spiro atoms. The highest BCUT2D eigenvalue weighted by molar-refractivity contribution is 9.10. The van der Waals surface area contributed by atoms with Crippen LogP contribution >= 0.6 is 15.9 Å². The van der Waals surface area contributed by atoms with Crippen LogP contribution < -0.4 is 4.74 Å². The Bertz CT molecular complexity index is 458. The average Bonchev–Trinajstić information content (AvgIpc) is 2.30. The quantitative estimate of drug-likeness (QED) is 0.847. The number of benzene rings is 1. The monoisotopic (exact) mass is 277 g/mol. The minimum Gasteiger partial charge on any atom is -0.484 e. The fraction of sp³-hybridized carbons (Fsp3) is 0.154. The maximum Gasteiger partial charge on any atom is 0.139 e. The number of halogens is 1. The van der Waals surface area contributed by atoms with Crippen molar-refractivity contribution in [2.45, 2.75) is 13.0 Å². The lowest BCUT2D eigenvalue weighted by Crippen LogP contribution is -2.02. The highest BCUT2D eigenvalue weighted by atomic mass is 79.9. The minimum atomic E-state index is 0.0253. The van der Waals surface area contributed by atoms with Crippen molar-refractivity contribution in [3.05, 3.63) is 58.8 Å². The van der Waals surface area contributed by atoms with E-state index in [4.69, 9.17) is 4.74 Å². The van der Waals surface area contributed by atoms with Crippen LogP contribution in [0.1, 0.15) is 18.6 Å². The lowest BCUT2D eigenvalue weighted by molar-refractivity contribution is 0.226. The molecule has 3 heteroatoms. The summed E-state index contributed by atoms with van der Waals surface area (Å²) in [5.41, 5.74) is 1.16. The van der Waals surface area contributed by atoms with E-state index in [1.165, 1.54) is 0 Å². The smallest absolute Gasteiger partial charge is 0.139 e. The first-order chi connectivity index (χ1) is 7.75. The summed E-state index contributed by atoms with van der Waals surface area (Å²) in [6, 6.07) is 12.0. The molecule has 0 radical (unpaired) electrons. The molecule has 0 amide bonds. The van der Waals surface area contributed by atoms with Gasteiger partial charge in [-0.2, -0.15) is 0 Å². The van der Waals surface area contributed by atoms with Crippen LogP contribution in [0.4, 0.5) is 0 Å². The molecule has 2 rings (SSSR count). The predicted molar refractivity (Wildman–Crippen MR) is 67.4 cm³/mol. The third-order valence-corrected chi connectivity index (χ3v) is 2.70. The Labute approximate surface area is 103 Å². The van der Waals surface area contributed by atoms with Gasteiger partial charge in [0.15, 0.2) is 0 Å². The number of hydrogen-bond donors (Lipinski definition) is 0. The summed E-state index contributed by atoms with van der Waals surface area (Å²) in [6.45, 7) is 2.02. The summed E-state index contributed by atoms with van der Waals surface area (Å²) in [7, 11) is 0. The van der Waals surface area contributed by atoms with E-state index in [2.05, 4.69) is 33.0 Å². The highest BCUT2D eigenvalue weighted by Gasteiger charge is 2.06. The van der Waals surface area contributed by atoms with Crippen LogP contribution in [0.15, 0.2) is 53.3 Å². The molecule has 2 aromatic rings. The van der Waals surface area contributed by atoms with Crippen molar-refractivity contribution < 1.29 is 4.74 Å². The van der Waals surface area contributed by atoms with Gasteiger partial charge in [-0.05, 0) is 34.5 Å². The average molecular weight is 278 g/mol. The molecule has 0 unspecified atom stereocenters. The van der Waals surface area contributed by atoms with E-state index in [0.717, 1.165) is 15.8 Å². The summed E-state index contributed by atoms with van der Waals surface area (Å²) in [5, 5.41) is 0. The largest absolute Gasteiger partial charge is 0.484 e. The topological polar surface area (TPSA) is 22.1 Å². The molecular formula is C13H12BrNO. The number of ether oxygens (including phenoxy) is 1. The van der Waals surface area contributed by atoms with Gasteiger partial charge < -0.3 is 4.74 Å². The maximum absolute atomic E-state index is 5.79. The van der Waals surface area contributed by atoms with Crippen molar-refractivity contribution in [1.82, 2.24) is 4.98 Å². The van der Waals surface area contributed by atoms with E-state index in [1.54, 1.807) is 12.4 Å². The van der Waals surface area contributed by atoms with E-state index >= 15 is 0 Å². The van der Waals surface area contributed by atoms with Crippen LogP contribution in [0.5, 0.6) is 5.75 Å². The first-order valence-electron chi connectivity index (χ1n) is 5.08. The standard InChI is InChI=1S/C13H12BrNO/c1-10(11-5-3-2-4-6-11)16-13-7-12(14)8-15-9-13/h2-10H,1H3/t10-/m0/s1. The van der Waals surface area contributed by atoms with Crippen molar-refractivity contribution in [2.24, 2.45) is 0 Å². The molecule has 0 N–H and O–H groups in total. The van der Waals surface area contributed by atoms with Crippen molar-refractivity contribution in [1.29, 1.82) is 0 Å². The van der Waals surface area contributed by atoms with Crippen LogP contribution in [0.3, 0.4) is 0 Å². The summed E-state index contributed by atoms with van der Waals surface area (Å²) in [6.07, 6.45) is 3.47. The molecular weight excluding hydrogens is 266 g/mol. The Morgan fingerprint density at radius 3 is 2.62 bits per heavy atom. The first kappa shape index (κ1) is 11.1. The molecule has 1 aromatic carbocycles. The van der Waals surface area contributed by atoms with Crippen LogP contribution in [0.2, 0.25) is 0 Å². The second-order valence-electron chi connectivity index (χ2n) is 3.51. The number of hydrogen-bond acceptors (Lipinski definition) is 2. The van der Waals surface area contributed by atoms with Crippen LogP contribution in [-0.2, 0) is 0 Å². The maximum atomic E-state index is 5.79. The number of nitrogens with zero attached hydrogens (tertiary/aromatic N) is 1. The van der Waals surface area contributed by atoms with Gasteiger partial charge in [-0.15, -0.1) is 0 Å². The lowest BCUT2D eigenvalue weighted by Gasteiger charge is -2.14. The zero-order valence-corrected chi connectivity index (χ0v) is 10.5. The van der Waals surface area contributed by atoms with E-state index in [9.17, 15) is 0 Å². The molecule has 1 atom stereocenters. The van der Waals surface area contributed by atoms with Crippen molar-refractivity contribution in [2.75, 3.05) is 0 Å². The lowest BCUT2D eigenvalue weighted by atomic mass is 10.1. The molecule has 2 nitrogen and oxygen atoms in total. The minimum absolute atomic E-state index is 0.0253. The molecule has 82 valence electrons. The zero-order valence-electron chi connectivity index (χ0n) is 8.93. The Morgan fingerprint density at radius 1 is 1.19 bits per heavy atom. The Hall–Kier alpha value is -1.35. The predicted octanol–water partition coefficient (Wildman–Crippen LogP) is 3.98. The summed E-state index contributed by atoms with van der Waals surface area (Å²) in [4.78, 5) is 4.06. The van der Waals surface area contributed by atoms with Gasteiger partial charge >= 0.3 is 0 Å². The Morgan fingerprint density at radius 2 is 1.94 bits per heavy atom. The van der Waals surface area contributed by atoms with Crippen LogP contribution in [-0.4, -0.2) is 4.98 Å².